The number of nitrogens with zero attached hydrogens (tertiary/aromatic N) is 2. The van der Waals surface area contributed by atoms with E-state index in [4.69, 9.17) is 0 Å². The van der Waals surface area contributed by atoms with E-state index >= 15 is 0 Å². The Morgan fingerprint density at radius 1 is 1.31 bits per heavy atom. The van der Waals surface area contributed by atoms with E-state index in [0.29, 0.717) is 5.69 Å². The van der Waals surface area contributed by atoms with Gasteiger partial charge in [0, 0.05) is 17.5 Å². The molecule has 1 heterocycles. The van der Waals surface area contributed by atoms with Gasteiger partial charge in [0.15, 0.2) is 6.29 Å². The average Bonchev–Trinajstić information content (AvgIpc) is 2.70. The van der Waals surface area contributed by atoms with Gasteiger partial charge in [-0.15, -0.1) is 11.8 Å². The Labute approximate surface area is 98.5 Å². The van der Waals surface area contributed by atoms with Gasteiger partial charge in [0.1, 0.15) is 5.69 Å². The number of imidazole rings is 1. The van der Waals surface area contributed by atoms with E-state index in [-0.39, 0.29) is 0 Å². The third-order valence-corrected chi connectivity index (χ3v) is 3.18. The van der Waals surface area contributed by atoms with E-state index in [1.165, 1.54) is 4.90 Å². The lowest BCUT2D eigenvalue weighted by molar-refractivity contribution is 0.112. The highest BCUT2D eigenvalue weighted by Crippen LogP contribution is 2.24. The number of thioether (sulfide) groups is 1. The fraction of sp³-hybridized carbons (Fsp3) is 0.167. The van der Waals surface area contributed by atoms with Crippen molar-refractivity contribution in [2.75, 3.05) is 6.26 Å². The lowest BCUT2D eigenvalue weighted by Gasteiger charge is -2.04. The van der Waals surface area contributed by atoms with Crippen molar-refractivity contribution in [1.29, 1.82) is 0 Å². The van der Waals surface area contributed by atoms with Crippen LogP contribution in [0, 0.1) is 0 Å². The number of carbonyl (C=O) groups is 1. The summed E-state index contributed by atoms with van der Waals surface area (Å²) in [5.41, 5.74) is 2.36. The van der Waals surface area contributed by atoms with Gasteiger partial charge in [0.2, 0.25) is 0 Å². The highest BCUT2D eigenvalue weighted by atomic mass is 32.2. The van der Waals surface area contributed by atoms with Crippen LogP contribution in [0.4, 0.5) is 0 Å². The van der Waals surface area contributed by atoms with Crippen LogP contribution in [0.15, 0.2) is 35.5 Å². The molecule has 0 amide bonds. The van der Waals surface area contributed by atoms with Gasteiger partial charge in [-0.2, -0.15) is 0 Å². The Hall–Kier alpha value is -1.55. The maximum absolute atomic E-state index is 10.9. The molecule has 82 valence electrons. The van der Waals surface area contributed by atoms with Crippen LogP contribution in [0.1, 0.15) is 10.5 Å². The van der Waals surface area contributed by atoms with Crippen molar-refractivity contribution >= 4 is 18.0 Å². The van der Waals surface area contributed by atoms with E-state index in [1.54, 1.807) is 18.1 Å². The van der Waals surface area contributed by atoms with Crippen LogP contribution in [-0.2, 0) is 7.05 Å². The molecule has 4 heteroatoms. The Morgan fingerprint density at radius 2 is 2.00 bits per heavy atom. The summed E-state index contributed by atoms with van der Waals surface area (Å²) in [5.74, 6) is 0. The number of carbonyl (C=O) groups excluding carboxylic acids is 1. The SMILES string of the molecule is CSc1ccc(-c2c(C=O)ncn2C)cc1. The summed E-state index contributed by atoms with van der Waals surface area (Å²) in [6, 6.07) is 8.11. The third kappa shape index (κ3) is 1.88. The minimum atomic E-state index is 0.486. The van der Waals surface area contributed by atoms with E-state index in [2.05, 4.69) is 4.98 Å². The second-order valence-electron chi connectivity index (χ2n) is 3.44. The normalized spacial score (nSPS) is 10.4. The smallest absolute Gasteiger partial charge is 0.170 e. The predicted molar refractivity (Wildman–Crippen MR) is 65.8 cm³/mol. The monoisotopic (exact) mass is 232 g/mol. The molecule has 0 fully saturated rings. The van der Waals surface area contributed by atoms with Crippen molar-refractivity contribution in [2.24, 2.45) is 7.05 Å². The van der Waals surface area contributed by atoms with Crippen molar-refractivity contribution < 1.29 is 4.79 Å². The number of hydrogen-bond acceptors (Lipinski definition) is 3. The Balaban J connectivity index is 2.49. The summed E-state index contributed by atoms with van der Waals surface area (Å²) < 4.78 is 1.86. The molecule has 2 aromatic rings. The molecule has 0 saturated heterocycles. The van der Waals surface area contributed by atoms with Crippen LogP contribution in [0.3, 0.4) is 0 Å². The summed E-state index contributed by atoms with van der Waals surface area (Å²) in [6.45, 7) is 0. The topological polar surface area (TPSA) is 34.9 Å². The summed E-state index contributed by atoms with van der Waals surface area (Å²) in [7, 11) is 1.89. The third-order valence-electron chi connectivity index (χ3n) is 2.44. The zero-order chi connectivity index (χ0) is 11.5. The molecule has 0 radical (unpaired) electrons. The summed E-state index contributed by atoms with van der Waals surface area (Å²) in [4.78, 5) is 16.1. The quantitative estimate of drug-likeness (QED) is 0.602. The molecule has 0 bridgehead atoms. The predicted octanol–water partition coefficient (Wildman–Crippen LogP) is 2.62. The molecule has 0 aliphatic carbocycles. The molecule has 0 spiro atoms. The molecule has 0 atom stereocenters. The molecule has 0 aliphatic heterocycles. The highest BCUT2D eigenvalue weighted by Gasteiger charge is 2.09. The van der Waals surface area contributed by atoms with Crippen LogP contribution in [0.5, 0.6) is 0 Å². The van der Waals surface area contributed by atoms with Crippen molar-refractivity contribution in [3.8, 4) is 11.3 Å². The minimum Gasteiger partial charge on any atom is -0.333 e. The zero-order valence-corrected chi connectivity index (χ0v) is 9.99. The van der Waals surface area contributed by atoms with Crippen molar-refractivity contribution in [3.05, 3.63) is 36.3 Å². The van der Waals surface area contributed by atoms with E-state index < -0.39 is 0 Å². The molecule has 16 heavy (non-hydrogen) atoms. The van der Waals surface area contributed by atoms with E-state index in [9.17, 15) is 4.79 Å². The minimum absolute atomic E-state index is 0.486. The second kappa shape index (κ2) is 4.53. The van der Waals surface area contributed by atoms with Gasteiger partial charge in [-0.1, -0.05) is 12.1 Å². The summed E-state index contributed by atoms with van der Waals surface area (Å²) in [6.07, 6.45) is 4.48. The molecule has 1 aromatic heterocycles. The summed E-state index contributed by atoms with van der Waals surface area (Å²) >= 11 is 1.70. The molecular formula is C12H12N2OS. The van der Waals surface area contributed by atoms with E-state index in [0.717, 1.165) is 17.5 Å². The van der Waals surface area contributed by atoms with Crippen LogP contribution in [0.2, 0.25) is 0 Å². The maximum atomic E-state index is 10.9. The maximum Gasteiger partial charge on any atom is 0.170 e. The van der Waals surface area contributed by atoms with Crippen molar-refractivity contribution in [3.63, 3.8) is 0 Å². The van der Waals surface area contributed by atoms with Gasteiger partial charge in [0.25, 0.3) is 0 Å². The van der Waals surface area contributed by atoms with Gasteiger partial charge in [0.05, 0.1) is 12.0 Å². The average molecular weight is 232 g/mol. The Bertz CT molecular complexity index is 502. The lowest BCUT2D eigenvalue weighted by atomic mass is 10.1. The largest absolute Gasteiger partial charge is 0.333 e. The van der Waals surface area contributed by atoms with Gasteiger partial charge in [-0.3, -0.25) is 4.79 Å². The van der Waals surface area contributed by atoms with Gasteiger partial charge in [-0.25, -0.2) is 4.98 Å². The van der Waals surface area contributed by atoms with Crippen LogP contribution < -0.4 is 0 Å². The van der Waals surface area contributed by atoms with Crippen LogP contribution in [-0.4, -0.2) is 22.1 Å². The Kier molecular flexibility index (Phi) is 3.10. The first-order valence-corrected chi connectivity index (χ1v) is 6.09. The molecule has 0 N–H and O–H groups in total. The summed E-state index contributed by atoms with van der Waals surface area (Å²) in [5, 5.41) is 0. The molecule has 0 unspecified atom stereocenters. The van der Waals surface area contributed by atoms with Crippen LogP contribution >= 0.6 is 11.8 Å². The zero-order valence-electron chi connectivity index (χ0n) is 9.18. The highest BCUT2D eigenvalue weighted by molar-refractivity contribution is 7.98. The fourth-order valence-corrected chi connectivity index (χ4v) is 2.04. The van der Waals surface area contributed by atoms with Crippen LogP contribution in [0.25, 0.3) is 11.3 Å². The fourth-order valence-electron chi connectivity index (χ4n) is 1.64. The molecule has 3 nitrogen and oxygen atoms in total. The Morgan fingerprint density at radius 3 is 2.56 bits per heavy atom. The first kappa shape index (κ1) is 11.0. The number of aromatic nitrogens is 2. The van der Waals surface area contributed by atoms with Crippen molar-refractivity contribution in [1.82, 2.24) is 9.55 Å². The first-order chi connectivity index (χ1) is 7.76. The molecule has 0 aliphatic rings. The lowest BCUT2D eigenvalue weighted by Crippen LogP contribution is -1.92. The molecule has 2 rings (SSSR count). The molecular weight excluding hydrogens is 220 g/mol. The molecule has 1 aromatic carbocycles. The molecule has 0 saturated carbocycles. The van der Waals surface area contributed by atoms with Gasteiger partial charge >= 0.3 is 0 Å². The van der Waals surface area contributed by atoms with Gasteiger partial charge < -0.3 is 4.57 Å². The van der Waals surface area contributed by atoms with Gasteiger partial charge in [-0.05, 0) is 18.4 Å². The number of aldehydes is 1. The second-order valence-corrected chi connectivity index (χ2v) is 4.32. The number of rotatable bonds is 3. The number of aryl methyl sites for hydroxylation is 1. The number of hydrogen-bond donors (Lipinski definition) is 0. The first-order valence-electron chi connectivity index (χ1n) is 4.87. The standard InChI is InChI=1S/C12H12N2OS/c1-14-8-13-11(7-15)12(14)9-3-5-10(16-2)6-4-9/h3-8H,1-2H3. The van der Waals surface area contributed by atoms with Crippen molar-refractivity contribution in [2.45, 2.75) is 4.90 Å². The number of benzene rings is 1. The van der Waals surface area contributed by atoms with E-state index in [1.807, 2.05) is 42.1 Å².